The molecule has 1 aromatic rings. The maximum Gasteiger partial charge on any atom is 0.125 e. The molecule has 0 atom stereocenters. The summed E-state index contributed by atoms with van der Waals surface area (Å²) in [5.74, 6) is -0.255. The lowest BCUT2D eigenvalue weighted by Gasteiger charge is -2.20. The molecule has 2 nitrogen and oxygen atoms in total. The largest absolute Gasteiger partial charge is 0.373 e. The van der Waals surface area contributed by atoms with Gasteiger partial charge in [0.25, 0.3) is 0 Å². The van der Waals surface area contributed by atoms with Crippen molar-refractivity contribution < 1.29 is 4.39 Å². The molecular weight excluding hydrogens is 215 g/mol. The zero-order valence-electron chi connectivity index (χ0n) is 9.06. The van der Waals surface area contributed by atoms with Crippen molar-refractivity contribution in [1.82, 2.24) is 5.32 Å². The molecule has 0 bridgehead atoms. The van der Waals surface area contributed by atoms with E-state index in [1.54, 1.807) is 6.07 Å². The highest BCUT2D eigenvalue weighted by molar-refractivity contribution is 6.33. The highest BCUT2D eigenvalue weighted by Crippen LogP contribution is 2.25. The lowest BCUT2D eigenvalue weighted by atomic mass is 10.2. The van der Waals surface area contributed by atoms with Gasteiger partial charge >= 0.3 is 0 Å². The number of nitrogens with zero attached hydrogens (tertiary/aromatic N) is 1. The average molecular weight is 231 g/mol. The van der Waals surface area contributed by atoms with Crippen molar-refractivity contribution in [3.8, 4) is 0 Å². The third kappa shape index (κ3) is 3.68. The maximum atomic E-state index is 13.0. The van der Waals surface area contributed by atoms with Gasteiger partial charge in [0, 0.05) is 13.6 Å². The molecule has 15 heavy (non-hydrogen) atoms. The summed E-state index contributed by atoms with van der Waals surface area (Å²) in [4.78, 5) is 1.96. The summed E-state index contributed by atoms with van der Waals surface area (Å²) < 4.78 is 13.0. The van der Waals surface area contributed by atoms with E-state index in [1.165, 1.54) is 12.1 Å². The van der Waals surface area contributed by atoms with E-state index < -0.39 is 0 Å². The SMILES string of the molecule is CNCCCN(C)c1cc(F)ccc1Cl. The molecule has 0 radical (unpaired) electrons. The maximum absolute atomic E-state index is 13.0. The molecule has 1 N–H and O–H groups in total. The highest BCUT2D eigenvalue weighted by Gasteiger charge is 2.06. The van der Waals surface area contributed by atoms with E-state index in [9.17, 15) is 4.39 Å². The predicted molar refractivity (Wildman–Crippen MR) is 63.2 cm³/mol. The van der Waals surface area contributed by atoms with Crippen LogP contribution in [0.1, 0.15) is 6.42 Å². The standard InChI is InChI=1S/C11H16ClFN2/c1-14-6-3-7-15(2)11-8-9(13)4-5-10(11)12/h4-5,8,14H,3,6-7H2,1-2H3. The monoisotopic (exact) mass is 230 g/mol. The van der Waals surface area contributed by atoms with E-state index in [2.05, 4.69) is 5.32 Å². The Balaban J connectivity index is 2.64. The molecule has 84 valence electrons. The first-order chi connectivity index (χ1) is 7.15. The zero-order chi connectivity index (χ0) is 11.3. The first kappa shape index (κ1) is 12.3. The van der Waals surface area contributed by atoms with E-state index in [4.69, 9.17) is 11.6 Å². The normalized spacial score (nSPS) is 10.4. The van der Waals surface area contributed by atoms with Crippen LogP contribution in [-0.4, -0.2) is 27.2 Å². The Morgan fingerprint density at radius 1 is 1.47 bits per heavy atom. The zero-order valence-corrected chi connectivity index (χ0v) is 9.81. The minimum absolute atomic E-state index is 0.255. The van der Waals surface area contributed by atoms with Crippen LogP contribution >= 0.6 is 11.6 Å². The third-order valence-electron chi connectivity index (χ3n) is 2.24. The molecular formula is C11H16ClFN2. The molecule has 0 aliphatic heterocycles. The van der Waals surface area contributed by atoms with Gasteiger partial charge in [-0.3, -0.25) is 0 Å². The van der Waals surface area contributed by atoms with Crippen LogP contribution in [0.5, 0.6) is 0 Å². The molecule has 0 aromatic heterocycles. The summed E-state index contributed by atoms with van der Waals surface area (Å²) >= 11 is 5.98. The van der Waals surface area contributed by atoms with E-state index in [1.807, 2.05) is 19.0 Å². The molecule has 0 spiro atoms. The minimum Gasteiger partial charge on any atom is -0.373 e. The van der Waals surface area contributed by atoms with Gasteiger partial charge in [-0.15, -0.1) is 0 Å². The Bertz CT molecular complexity index is 317. The van der Waals surface area contributed by atoms with E-state index >= 15 is 0 Å². The number of hydrogen-bond acceptors (Lipinski definition) is 2. The first-order valence-corrected chi connectivity index (χ1v) is 5.33. The number of halogens is 2. The van der Waals surface area contributed by atoms with E-state index in [0.29, 0.717) is 5.02 Å². The second-order valence-corrected chi connectivity index (χ2v) is 3.88. The molecule has 0 saturated carbocycles. The van der Waals surface area contributed by atoms with Crippen molar-refractivity contribution in [2.45, 2.75) is 6.42 Å². The van der Waals surface area contributed by atoms with Crippen molar-refractivity contribution >= 4 is 17.3 Å². The summed E-state index contributed by atoms with van der Waals surface area (Å²) in [6.07, 6.45) is 1.000. The van der Waals surface area contributed by atoms with Crippen molar-refractivity contribution in [3.63, 3.8) is 0 Å². The molecule has 0 aliphatic rings. The first-order valence-electron chi connectivity index (χ1n) is 4.96. The van der Waals surface area contributed by atoms with Crippen LogP contribution in [0.4, 0.5) is 10.1 Å². The van der Waals surface area contributed by atoms with Crippen molar-refractivity contribution in [2.75, 3.05) is 32.1 Å². The van der Waals surface area contributed by atoms with E-state index in [-0.39, 0.29) is 5.82 Å². The lowest BCUT2D eigenvalue weighted by Crippen LogP contribution is -2.22. The van der Waals surface area contributed by atoms with Crippen LogP contribution in [0.25, 0.3) is 0 Å². The van der Waals surface area contributed by atoms with Gasteiger partial charge < -0.3 is 10.2 Å². The van der Waals surface area contributed by atoms with Crippen LogP contribution in [0.3, 0.4) is 0 Å². The molecule has 1 aromatic carbocycles. The summed E-state index contributed by atoms with van der Waals surface area (Å²) in [6, 6.07) is 4.41. The van der Waals surface area contributed by atoms with Gasteiger partial charge in [-0.1, -0.05) is 11.6 Å². The van der Waals surface area contributed by atoms with Crippen LogP contribution in [0.15, 0.2) is 18.2 Å². The number of nitrogens with one attached hydrogen (secondary N) is 1. The van der Waals surface area contributed by atoms with Crippen molar-refractivity contribution in [3.05, 3.63) is 29.0 Å². The quantitative estimate of drug-likeness (QED) is 0.782. The summed E-state index contributed by atoms with van der Waals surface area (Å²) in [6.45, 7) is 1.79. The summed E-state index contributed by atoms with van der Waals surface area (Å²) in [5.41, 5.74) is 0.743. The molecule has 0 aliphatic carbocycles. The lowest BCUT2D eigenvalue weighted by molar-refractivity contribution is 0.626. The van der Waals surface area contributed by atoms with Gasteiger partial charge in [-0.25, -0.2) is 4.39 Å². The third-order valence-corrected chi connectivity index (χ3v) is 2.56. The van der Waals surface area contributed by atoms with Crippen molar-refractivity contribution in [1.29, 1.82) is 0 Å². The van der Waals surface area contributed by atoms with E-state index in [0.717, 1.165) is 25.2 Å². The van der Waals surface area contributed by atoms with Crippen LogP contribution in [0, 0.1) is 5.82 Å². The van der Waals surface area contributed by atoms with Crippen LogP contribution in [-0.2, 0) is 0 Å². The minimum atomic E-state index is -0.255. The summed E-state index contributed by atoms with van der Waals surface area (Å²) in [7, 11) is 3.82. The fraction of sp³-hybridized carbons (Fsp3) is 0.455. The van der Waals surface area contributed by atoms with Crippen LogP contribution < -0.4 is 10.2 Å². The van der Waals surface area contributed by atoms with Gasteiger partial charge in [0.15, 0.2) is 0 Å². The number of hydrogen-bond donors (Lipinski definition) is 1. The Kier molecular flexibility index (Phi) is 4.85. The average Bonchev–Trinajstić information content (AvgIpc) is 2.22. The molecule has 0 unspecified atom stereocenters. The van der Waals surface area contributed by atoms with Crippen molar-refractivity contribution in [2.24, 2.45) is 0 Å². The second-order valence-electron chi connectivity index (χ2n) is 3.47. The Labute approximate surface area is 95.0 Å². The van der Waals surface area contributed by atoms with Gasteiger partial charge in [0.1, 0.15) is 5.82 Å². The molecule has 0 fully saturated rings. The fourth-order valence-electron chi connectivity index (χ4n) is 1.39. The molecule has 4 heteroatoms. The van der Waals surface area contributed by atoms with Gasteiger partial charge in [-0.2, -0.15) is 0 Å². The number of benzene rings is 1. The van der Waals surface area contributed by atoms with Gasteiger partial charge in [0.05, 0.1) is 10.7 Å². The Morgan fingerprint density at radius 2 is 2.20 bits per heavy atom. The fourth-order valence-corrected chi connectivity index (χ4v) is 1.65. The van der Waals surface area contributed by atoms with Gasteiger partial charge in [0.2, 0.25) is 0 Å². The predicted octanol–water partition coefficient (Wildman–Crippen LogP) is 2.52. The molecule has 0 amide bonds. The second kappa shape index (κ2) is 5.93. The summed E-state index contributed by atoms with van der Waals surface area (Å²) in [5, 5.41) is 3.65. The molecule has 1 rings (SSSR count). The number of anilines is 1. The number of rotatable bonds is 5. The molecule has 0 saturated heterocycles. The Morgan fingerprint density at radius 3 is 2.87 bits per heavy atom. The van der Waals surface area contributed by atoms with Gasteiger partial charge in [-0.05, 0) is 38.2 Å². The molecule has 0 heterocycles. The van der Waals surface area contributed by atoms with Crippen LogP contribution in [0.2, 0.25) is 5.02 Å². The topological polar surface area (TPSA) is 15.3 Å². The highest BCUT2D eigenvalue weighted by atomic mass is 35.5. The smallest absolute Gasteiger partial charge is 0.125 e. The Hall–Kier alpha value is -0.800.